The summed E-state index contributed by atoms with van der Waals surface area (Å²) in [5.74, 6) is 0.0886. The average molecular weight is 747 g/mol. The van der Waals surface area contributed by atoms with E-state index in [9.17, 15) is 14.4 Å². The third kappa shape index (κ3) is 10.5. The molecule has 5 rings (SSSR count). The number of alkyl halides is 1. The quantitative estimate of drug-likeness (QED) is 0.110. The lowest BCUT2D eigenvalue weighted by molar-refractivity contribution is -0.133. The second-order valence-electron chi connectivity index (χ2n) is 12.7. The minimum Gasteiger partial charge on any atom is -0.356 e. The summed E-state index contributed by atoms with van der Waals surface area (Å²) in [6, 6.07) is 28.3. The third-order valence-corrected chi connectivity index (χ3v) is 10.3. The number of nitrogens with zero attached hydrogens (tertiary/aromatic N) is 1. The molecular weight excluding hydrogens is 699 g/mol. The molecule has 3 amide bonds. The van der Waals surface area contributed by atoms with E-state index in [1.54, 1.807) is 6.08 Å². The lowest BCUT2D eigenvalue weighted by Crippen LogP contribution is -2.50. The van der Waals surface area contributed by atoms with Crippen molar-refractivity contribution in [3.8, 4) is 0 Å². The van der Waals surface area contributed by atoms with Gasteiger partial charge in [0.2, 0.25) is 17.7 Å². The first-order valence-corrected chi connectivity index (χ1v) is 18.6. The van der Waals surface area contributed by atoms with Crippen LogP contribution in [0.15, 0.2) is 91.0 Å². The fourth-order valence-electron chi connectivity index (χ4n) is 6.65. The van der Waals surface area contributed by atoms with Gasteiger partial charge in [0, 0.05) is 54.6 Å². The minimum absolute atomic E-state index is 0.0281. The molecule has 0 unspecified atom stereocenters. The van der Waals surface area contributed by atoms with Crippen molar-refractivity contribution >= 4 is 46.4 Å². The van der Waals surface area contributed by atoms with E-state index in [2.05, 4.69) is 74.9 Å². The van der Waals surface area contributed by atoms with E-state index in [-0.39, 0.29) is 35.6 Å². The van der Waals surface area contributed by atoms with Gasteiger partial charge >= 0.3 is 0 Å². The summed E-state index contributed by atoms with van der Waals surface area (Å²) >= 11 is 2.33. The standard InChI is InChI=1S/C39H47IN4O3/c40-26-30-18-16-29(17-19-30)20-21-37(45)42-27-34-23-25-44(28-35(31-10-4-1-5-11-31)32-12-6-2-7-13-32)39(47)36(43-34)22-24-41-38(46)33-14-8-3-9-15-33/h1-2,4-7,10-13,16-21,33-36,43H,3,8-9,14-15,22-28H2,(H,41,46)(H,42,45)/b21-20+/t34-,36-/m0/s1. The molecule has 2 fully saturated rings. The summed E-state index contributed by atoms with van der Waals surface area (Å²) in [4.78, 5) is 41.8. The molecule has 7 nitrogen and oxygen atoms in total. The second kappa shape index (κ2) is 18.2. The first kappa shape index (κ1) is 34.8. The average Bonchev–Trinajstić information content (AvgIpc) is 3.27. The van der Waals surface area contributed by atoms with Crippen LogP contribution in [-0.2, 0) is 18.8 Å². The second-order valence-corrected chi connectivity index (χ2v) is 13.5. The van der Waals surface area contributed by atoms with Crippen molar-refractivity contribution in [2.45, 2.75) is 67.4 Å². The third-order valence-electron chi connectivity index (χ3n) is 9.39. The topological polar surface area (TPSA) is 90.5 Å². The number of amides is 3. The predicted molar refractivity (Wildman–Crippen MR) is 197 cm³/mol. The number of rotatable bonds is 13. The molecule has 0 aromatic heterocycles. The fourth-order valence-corrected chi connectivity index (χ4v) is 7.15. The van der Waals surface area contributed by atoms with Crippen molar-refractivity contribution in [3.63, 3.8) is 0 Å². The Balaban J connectivity index is 1.26. The zero-order chi connectivity index (χ0) is 32.8. The SMILES string of the molecule is O=C(/C=C/c1ccc(CI)cc1)NC[C@@H]1CCN(CC(c2ccccc2)c2ccccc2)C(=O)[C@H](CCNC(=O)C2CCCCC2)N1. The molecule has 2 atom stereocenters. The van der Waals surface area contributed by atoms with E-state index in [0.717, 1.165) is 35.7 Å². The molecule has 1 saturated carbocycles. The fraction of sp³-hybridized carbons (Fsp3) is 0.410. The smallest absolute Gasteiger partial charge is 0.244 e. The molecule has 0 bridgehead atoms. The lowest BCUT2D eigenvalue weighted by Gasteiger charge is -2.29. The summed E-state index contributed by atoms with van der Waals surface area (Å²) in [7, 11) is 0. The molecule has 1 saturated heterocycles. The molecule has 1 aliphatic heterocycles. The van der Waals surface area contributed by atoms with E-state index < -0.39 is 6.04 Å². The molecule has 0 spiro atoms. The first-order chi connectivity index (χ1) is 23.0. The van der Waals surface area contributed by atoms with Gasteiger partial charge < -0.3 is 20.9 Å². The van der Waals surface area contributed by atoms with E-state index in [1.165, 1.54) is 23.1 Å². The van der Waals surface area contributed by atoms with Crippen LogP contribution in [0.5, 0.6) is 0 Å². The minimum atomic E-state index is -0.467. The summed E-state index contributed by atoms with van der Waals surface area (Å²) in [6.45, 7) is 1.97. The van der Waals surface area contributed by atoms with Gasteiger partial charge in [-0.3, -0.25) is 14.4 Å². The molecule has 248 valence electrons. The normalized spacial score (nSPS) is 19.1. The van der Waals surface area contributed by atoms with Crippen molar-refractivity contribution in [1.29, 1.82) is 0 Å². The summed E-state index contributed by atoms with van der Waals surface area (Å²) in [5, 5.41) is 9.73. The van der Waals surface area contributed by atoms with Gasteiger partial charge in [-0.1, -0.05) is 127 Å². The van der Waals surface area contributed by atoms with Crippen LogP contribution in [0, 0.1) is 5.92 Å². The Kier molecular flexibility index (Phi) is 13.4. The maximum atomic E-state index is 14.2. The Morgan fingerprint density at radius 1 is 0.872 bits per heavy atom. The Morgan fingerprint density at radius 3 is 2.17 bits per heavy atom. The van der Waals surface area contributed by atoms with E-state index in [4.69, 9.17) is 0 Å². The number of hydrogen-bond acceptors (Lipinski definition) is 4. The number of halogens is 1. The van der Waals surface area contributed by atoms with E-state index in [0.29, 0.717) is 39.0 Å². The van der Waals surface area contributed by atoms with Crippen molar-refractivity contribution in [2.24, 2.45) is 5.92 Å². The van der Waals surface area contributed by atoms with Gasteiger partial charge in [0.05, 0.1) is 6.04 Å². The van der Waals surface area contributed by atoms with Crippen molar-refractivity contribution in [1.82, 2.24) is 20.9 Å². The van der Waals surface area contributed by atoms with Gasteiger partial charge in [-0.15, -0.1) is 0 Å². The number of hydrogen-bond donors (Lipinski definition) is 3. The maximum Gasteiger partial charge on any atom is 0.244 e. The molecule has 0 radical (unpaired) electrons. The molecule has 2 aliphatic rings. The Labute approximate surface area is 293 Å². The van der Waals surface area contributed by atoms with Crippen LogP contribution < -0.4 is 16.0 Å². The van der Waals surface area contributed by atoms with Gasteiger partial charge in [-0.25, -0.2) is 0 Å². The first-order valence-electron chi connectivity index (χ1n) is 17.0. The molecule has 1 aliphatic carbocycles. The Morgan fingerprint density at radius 2 is 1.53 bits per heavy atom. The highest BCUT2D eigenvalue weighted by atomic mass is 127. The lowest BCUT2D eigenvalue weighted by atomic mass is 9.88. The largest absolute Gasteiger partial charge is 0.356 e. The highest BCUT2D eigenvalue weighted by molar-refractivity contribution is 14.1. The Hall–Kier alpha value is -3.50. The van der Waals surface area contributed by atoms with Crippen LogP contribution in [0.4, 0.5) is 0 Å². The number of carbonyl (C=O) groups excluding carboxylic acids is 3. The highest BCUT2D eigenvalue weighted by Crippen LogP contribution is 2.27. The molecule has 8 heteroatoms. The van der Waals surface area contributed by atoms with E-state index >= 15 is 0 Å². The van der Waals surface area contributed by atoms with Gasteiger partial charge in [0.1, 0.15) is 0 Å². The van der Waals surface area contributed by atoms with Crippen molar-refractivity contribution < 1.29 is 14.4 Å². The van der Waals surface area contributed by atoms with Crippen LogP contribution >= 0.6 is 22.6 Å². The molecular formula is C39H47IN4O3. The van der Waals surface area contributed by atoms with Crippen molar-refractivity contribution in [2.75, 3.05) is 26.2 Å². The summed E-state index contributed by atoms with van der Waals surface area (Å²) in [6.07, 6.45) is 9.88. The van der Waals surface area contributed by atoms with E-state index in [1.807, 2.05) is 59.5 Å². The zero-order valence-corrected chi connectivity index (χ0v) is 29.2. The monoisotopic (exact) mass is 746 g/mol. The van der Waals surface area contributed by atoms with Crippen molar-refractivity contribution in [3.05, 3.63) is 113 Å². The zero-order valence-electron chi connectivity index (χ0n) is 27.1. The summed E-state index contributed by atoms with van der Waals surface area (Å²) < 4.78 is 0.948. The molecule has 3 aromatic rings. The van der Waals surface area contributed by atoms with Gasteiger partial charge in [-0.05, 0) is 54.0 Å². The molecule has 47 heavy (non-hydrogen) atoms. The number of benzene rings is 3. The molecule has 3 aromatic carbocycles. The van der Waals surface area contributed by atoms with Gasteiger partial charge in [0.15, 0.2) is 0 Å². The molecule has 1 heterocycles. The Bertz CT molecular complexity index is 1420. The van der Waals surface area contributed by atoms with Gasteiger partial charge in [0.25, 0.3) is 0 Å². The number of carbonyl (C=O) groups is 3. The van der Waals surface area contributed by atoms with Crippen LogP contribution in [0.25, 0.3) is 6.08 Å². The van der Waals surface area contributed by atoms with Gasteiger partial charge in [-0.2, -0.15) is 0 Å². The molecule has 3 N–H and O–H groups in total. The number of nitrogens with one attached hydrogen (secondary N) is 3. The van der Waals surface area contributed by atoms with Crippen LogP contribution in [0.2, 0.25) is 0 Å². The van der Waals surface area contributed by atoms with Crippen LogP contribution in [0.3, 0.4) is 0 Å². The van der Waals surface area contributed by atoms with Crippen LogP contribution in [-0.4, -0.2) is 60.9 Å². The highest BCUT2D eigenvalue weighted by Gasteiger charge is 2.33. The van der Waals surface area contributed by atoms with Crippen LogP contribution in [0.1, 0.15) is 73.1 Å². The summed E-state index contributed by atoms with van der Waals surface area (Å²) in [5.41, 5.74) is 4.56. The maximum absolute atomic E-state index is 14.2. The predicted octanol–water partition coefficient (Wildman–Crippen LogP) is 6.23.